The van der Waals surface area contributed by atoms with Gasteiger partial charge in [-0.25, -0.2) is 0 Å². The minimum Gasteiger partial charge on any atom is -0.388 e. The second-order valence-electron chi connectivity index (χ2n) is 4.03. The minimum absolute atomic E-state index is 0.296. The standard InChI is InChI=1S/C13H19O/c1-11(2)7-6-10-13(14)12-8-4-3-5-9-12/h3-5,8-9,13-14H,6-7,10H2,1-2H3/t13-/m1/s1. The second-order valence-corrected chi connectivity index (χ2v) is 4.03. The van der Waals surface area contributed by atoms with Crippen LogP contribution in [0.15, 0.2) is 30.3 Å². The van der Waals surface area contributed by atoms with E-state index in [2.05, 4.69) is 13.8 Å². The van der Waals surface area contributed by atoms with E-state index in [1.54, 1.807) is 0 Å². The highest BCUT2D eigenvalue weighted by molar-refractivity contribution is 5.17. The van der Waals surface area contributed by atoms with E-state index in [0.29, 0.717) is 0 Å². The molecule has 0 fully saturated rings. The Balaban J connectivity index is 2.32. The number of aliphatic hydroxyl groups is 1. The Morgan fingerprint density at radius 2 is 1.86 bits per heavy atom. The molecule has 1 heteroatoms. The van der Waals surface area contributed by atoms with Gasteiger partial charge in [0.05, 0.1) is 6.10 Å². The van der Waals surface area contributed by atoms with Gasteiger partial charge in [-0.2, -0.15) is 0 Å². The summed E-state index contributed by atoms with van der Waals surface area (Å²) < 4.78 is 0. The Bertz CT molecular complexity index is 241. The molecule has 77 valence electrons. The molecule has 1 atom stereocenters. The molecule has 1 aromatic rings. The molecule has 0 saturated heterocycles. The lowest BCUT2D eigenvalue weighted by atomic mass is 10.0. The van der Waals surface area contributed by atoms with Gasteiger partial charge in [-0.15, -0.1) is 0 Å². The Morgan fingerprint density at radius 3 is 2.43 bits per heavy atom. The molecule has 0 aromatic heterocycles. The van der Waals surface area contributed by atoms with Crippen LogP contribution in [-0.2, 0) is 0 Å². The van der Waals surface area contributed by atoms with E-state index < -0.39 is 0 Å². The number of rotatable bonds is 5. The molecular formula is C13H19O. The quantitative estimate of drug-likeness (QED) is 0.755. The Morgan fingerprint density at radius 1 is 1.21 bits per heavy atom. The van der Waals surface area contributed by atoms with Crippen LogP contribution >= 0.6 is 0 Å². The van der Waals surface area contributed by atoms with E-state index in [1.807, 2.05) is 30.3 Å². The number of aliphatic hydroxyl groups excluding tert-OH is 1. The molecule has 1 radical (unpaired) electrons. The predicted octanol–water partition coefficient (Wildman–Crippen LogP) is 3.50. The summed E-state index contributed by atoms with van der Waals surface area (Å²) in [6.45, 7) is 4.27. The van der Waals surface area contributed by atoms with Crippen LogP contribution in [0.2, 0.25) is 0 Å². The third-order valence-corrected chi connectivity index (χ3v) is 2.34. The minimum atomic E-state index is -0.296. The lowest BCUT2D eigenvalue weighted by Gasteiger charge is -2.11. The molecule has 0 aliphatic rings. The molecule has 1 rings (SSSR count). The maximum absolute atomic E-state index is 9.82. The van der Waals surface area contributed by atoms with Gasteiger partial charge in [-0.05, 0) is 30.7 Å². The first-order chi connectivity index (χ1) is 6.70. The summed E-state index contributed by atoms with van der Waals surface area (Å²) in [4.78, 5) is 0. The Kier molecular flexibility index (Phi) is 4.68. The molecule has 0 saturated carbocycles. The van der Waals surface area contributed by atoms with Crippen molar-refractivity contribution >= 4 is 0 Å². The van der Waals surface area contributed by atoms with Crippen LogP contribution in [0.5, 0.6) is 0 Å². The first-order valence-corrected chi connectivity index (χ1v) is 5.22. The van der Waals surface area contributed by atoms with Gasteiger partial charge in [0.15, 0.2) is 0 Å². The normalized spacial score (nSPS) is 13.1. The molecule has 14 heavy (non-hydrogen) atoms. The maximum Gasteiger partial charge on any atom is 0.0790 e. The van der Waals surface area contributed by atoms with Crippen molar-refractivity contribution in [2.45, 2.75) is 39.2 Å². The number of benzene rings is 1. The molecule has 1 aromatic carbocycles. The van der Waals surface area contributed by atoms with E-state index in [9.17, 15) is 5.11 Å². The predicted molar refractivity (Wildman–Crippen MR) is 59.8 cm³/mol. The third-order valence-electron chi connectivity index (χ3n) is 2.34. The Hall–Kier alpha value is -0.820. The second kappa shape index (κ2) is 5.82. The molecule has 0 aliphatic carbocycles. The Labute approximate surface area is 86.8 Å². The molecule has 0 unspecified atom stereocenters. The van der Waals surface area contributed by atoms with Crippen LogP contribution in [0.3, 0.4) is 0 Å². The fourth-order valence-electron chi connectivity index (χ4n) is 1.49. The lowest BCUT2D eigenvalue weighted by Crippen LogP contribution is -1.97. The van der Waals surface area contributed by atoms with Crippen LogP contribution in [0, 0.1) is 5.92 Å². The van der Waals surface area contributed by atoms with Crippen molar-refractivity contribution in [3.8, 4) is 0 Å². The topological polar surface area (TPSA) is 20.2 Å². The molecule has 0 heterocycles. The van der Waals surface area contributed by atoms with E-state index in [0.717, 1.165) is 24.8 Å². The summed E-state index contributed by atoms with van der Waals surface area (Å²) in [5, 5.41) is 9.82. The number of hydrogen-bond acceptors (Lipinski definition) is 1. The van der Waals surface area contributed by atoms with E-state index >= 15 is 0 Å². The smallest absolute Gasteiger partial charge is 0.0790 e. The number of hydrogen-bond donors (Lipinski definition) is 1. The fraction of sp³-hybridized carbons (Fsp3) is 0.462. The van der Waals surface area contributed by atoms with Crippen molar-refractivity contribution in [1.82, 2.24) is 0 Å². The largest absolute Gasteiger partial charge is 0.388 e. The van der Waals surface area contributed by atoms with E-state index in [1.165, 1.54) is 5.92 Å². The van der Waals surface area contributed by atoms with Crippen LogP contribution in [-0.4, -0.2) is 5.11 Å². The first kappa shape index (κ1) is 11.3. The van der Waals surface area contributed by atoms with Crippen molar-refractivity contribution in [2.24, 2.45) is 0 Å². The average molecular weight is 191 g/mol. The highest BCUT2D eigenvalue weighted by Crippen LogP contribution is 2.20. The van der Waals surface area contributed by atoms with Crippen molar-refractivity contribution in [1.29, 1.82) is 0 Å². The van der Waals surface area contributed by atoms with Crippen molar-refractivity contribution in [3.63, 3.8) is 0 Å². The summed E-state index contributed by atoms with van der Waals surface area (Å²) in [7, 11) is 0. The molecular weight excluding hydrogens is 172 g/mol. The van der Waals surface area contributed by atoms with Crippen molar-refractivity contribution in [2.75, 3.05) is 0 Å². The summed E-state index contributed by atoms with van der Waals surface area (Å²) in [6.07, 6.45) is 2.74. The summed E-state index contributed by atoms with van der Waals surface area (Å²) in [5.41, 5.74) is 1.03. The van der Waals surface area contributed by atoms with E-state index in [-0.39, 0.29) is 6.10 Å². The van der Waals surface area contributed by atoms with Gasteiger partial charge in [0.2, 0.25) is 0 Å². The molecule has 0 aliphatic heterocycles. The molecule has 1 N–H and O–H groups in total. The summed E-state index contributed by atoms with van der Waals surface area (Å²) in [5.74, 6) is 1.44. The highest BCUT2D eigenvalue weighted by Gasteiger charge is 2.06. The van der Waals surface area contributed by atoms with E-state index in [4.69, 9.17) is 0 Å². The lowest BCUT2D eigenvalue weighted by molar-refractivity contribution is 0.164. The zero-order chi connectivity index (χ0) is 10.4. The van der Waals surface area contributed by atoms with Gasteiger partial charge in [0.1, 0.15) is 0 Å². The van der Waals surface area contributed by atoms with Gasteiger partial charge in [0.25, 0.3) is 0 Å². The van der Waals surface area contributed by atoms with Gasteiger partial charge < -0.3 is 5.11 Å². The first-order valence-electron chi connectivity index (χ1n) is 5.22. The third kappa shape index (κ3) is 3.93. The van der Waals surface area contributed by atoms with Gasteiger partial charge in [0, 0.05) is 0 Å². The maximum atomic E-state index is 9.82. The van der Waals surface area contributed by atoms with Crippen molar-refractivity contribution in [3.05, 3.63) is 41.8 Å². The van der Waals surface area contributed by atoms with Crippen LogP contribution in [0.4, 0.5) is 0 Å². The molecule has 1 nitrogen and oxygen atoms in total. The monoisotopic (exact) mass is 191 g/mol. The average Bonchev–Trinajstić information content (AvgIpc) is 2.18. The fourth-order valence-corrected chi connectivity index (χ4v) is 1.49. The summed E-state index contributed by atoms with van der Waals surface area (Å²) >= 11 is 0. The molecule has 0 amide bonds. The van der Waals surface area contributed by atoms with Crippen LogP contribution < -0.4 is 0 Å². The molecule has 0 bridgehead atoms. The zero-order valence-corrected chi connectivity index (χ0v) is 9.03. The SMILES string of the molecule is C[C](C)CCC[C@@H](O)c1ccccc1. The van der Waals surface area contributed by atoms with Gasteiger partial charge in [-0.3, -0.25) is 0 Å². The van der Waals surface area contributed by atoms with Gasteiger partial charge in [-0.1, -0.05) is 44.2 Å². The summed E-state index contributed by atoms with van der Waals surface area (Å²) in [6, 6.07) is 9.87. The zero-order valence-electron chi connectivity index (χ0n) is 9.03. The van der Waals surface area contributed by atoms with Crippen LogP contribution in [0.25, 0.3) is 0 Å². The van der Waals surface area contributed by atoms with Crippen LogP contribution in [0.1, 0.15) is 44.8 Å². The van der Waals surface area contributed by atoms with Crippen molar-refractivity contribution < 1.29 is 5.11 Å². The highest BCUT2D eigenvalue weighted by atomic mass is 16.3. The molecule has 0 spiro atoms. The van der Waals surface area contributed by atoms with Gasteiger partial charge >= 0.3 is 0 Å².